The molecule has 1 aliphatic carbocycles. The highest BCUT2D eigenvalue weighted by molar-refractivity contribution is 6.30. The molecular weight excluding hydrogens is 338 g/mol. The lowest BCUT2D eigenvalue weighted by Crippen LogP contribution is -2.35. The van der Waals surface area contributed by atoms with Crippen molar-refractivity contribution in [3.8, 4) is 5.75 Å². The third-order valence-electron chi connectivity index (χ3n) is 4.46. The summed E-state index contributed by atoms with van der Waals surface area (Å²) in [6, 6.07) is 7.90. The summed E-state index contributed by atoms with van der Waals surface area (Å²) in [5, 5.41) is 0.679. The van der Waals surface area contributed by atoms with Gasteiger partial charge >= 0.3 is 0 Å². The summed E-state index contributed by atoms with van der Waals surface area (Å²) in [5.41, 5.74) is 13.8. The van der Waals surface area contributed by atoms with E-state index >= 15 is 0 Å². The van der Waals surface area contributed by atoms with Crippen molar-refractivity contribution in [3.63, 3.8) is 0 Å². The molecule has 1 aromatic heterocycles. The molecule has 25 heavy (non-hydrogen) atoms. The molecule has 3 rings (SSSR count). The fourth-order valence-electron chi connectivity index (χ4n) is 3.08. The Labute approximate surface area is 153 Å². The lowest BCUT2D eigenvalue weighted by atomic mass is 9.78. The van der Waals surface area contributed by atoms with E-state index in [9.17, 15) is 0 Å². The minimum Gasteiger partial charge on any atom is -0.494 e. The second-order valence-electron chi connectivity index (χ2n) is 6.48. The summed E-state index contributed by atoms with van der Waals surface area (Å²) >= 11 is 6.15. The average Bonchev–Trinajstić information content (AvgIpc) is 2.54. The number of aromatic nitrogens is 2. The van der Waals surface area contributed by atoms with Crippen LogP contribution in [0.1, 0.15) is 36.9 Å². The van der Waals surface area contributed by atoms with Crippen LogP contribution in [-0.4, -0.2) is 29.7 Å². The summed E-state index contributed by atoms with van der Waals surface area (Å²) in [4.78, 5) is 10.8. The number of benzene rings is 1. The van der Waals surface area contributed by atoms with E-state index in [0.29, 0.717) is 24.1 Å². The summed E-state index contributed by atoms with van der Waals surface area (Å²) in [6.07, 6.45) is 1.89. The fourth-order valence-corrected chi connectivity index (χ4v) is 3.28. The Kier molecular flexibility index (Phi) is 5.30. The van der Waals surface area contributed by atoms with Gasteiger partial charge in [-0.3, -0.25) is 0 Å². The Balaban J connectivity index is 1.81. The van der Waals surface area contributed by atoms with E-state index in [1.54, 1.807) is 0 Å². The molecule has 1 aliphatic rings. The predicted octanol–water partition coefficient (Wildman–Crippen LogP) is 2.95. The summed E-state index contributed by atoms with van der Waals surface area (Å²) < 4.78 is 5.70. The smallest absolute Gasteiger partial charge is 0.222 e. The number of hydrogen-bond acceptors (Lipinski definition) is 6. The first-order chi connectivity index (χ1) is 12.0. The van der Waals surface area contributed by atoms with Crippen LogP contribution >= 0.6 is 11.6 Å². The SMILES string of the molecule is CCOc1ccc(Cl)cc1CN(C)c1cc(C2CC(N)C2)nc(N)n1. The molecule has 1 saturated carbocycles. The third kappa shape index (κ3) is 4.14. The molecule has 1 aromatic carbocycles. The maximum atomic E-state index is 6.15. The largest absolute Gasteiger partial charge is 0.494 e. The van der Waals surface area contributed by atoms with Gasteiger partial charge in [-0.25, -0.2) is 4.98 Å². The van der Waals surface area contributed by atoms with E-state index in [-0.39, 0.29) is 12.0 Å². The van der Waals surface area contributed by atoms with E-state index in [4.69, 9.17) is 27.8 Å². The van der Waals surface area contributed by atoms with Gasteiger partial charge in [0.15, 0.2) is 0 Å². The molecule has 0 amide bonds. The maximum absolute atomic E-state index is 6.15. The molecule has 134 valence electrons. The number of nitrogens with two attached hydrogens (primary N) is 2. The standard InChI is InChI=1S/C18H24ClN5O/c1-3-25-16-5-4-13(19)6-12(16)10-24(2)17-9-15(22-18(21)23-17)11-7-14(20)8-11/h4-6,9,11,14H,3,7-8,10,20H2,1-2H3,(H2,21,22,23). The zero-order valence-electron chi connectivity index (χ0n) is 14.6. The molecule has 1 fully saturated rings. The fraction of sp³-hybridized carbons (Fsp3) is 0.444. The van der Waals surface area contributed by atoms with Crippen molar-refractivity contribution in [3.05, 3.63) is 40.5 Å². The minimum atomic E-state index is 0.266. The molecule has 0 radical (unpaired) electrons. The number of hydrogen-bond donors (Lipinski definition) is 2. The van der Waals surface area contributed by atoms with Crippen molar-refractivity contribution >= 4 is 23.4 Å². The Hall–Kier alpha value is -2.05. The second-order valence-corrected chi connectivity index (χ2v) is 6.92. The molecule has 0 aliphatic heterocycles. The van der Waals surface area contributed by atoms with Gasteiger partial charge in [0.1, 0.15) is 11.6 Å². The van der Waals surface area contributed by atoms with Gasteiger partial charge in [0.05, 0.1) is 12.3 Å². The lowest BCUT2D eigenvalue weighted by Gasteiger charge is -2.32. The topological polar surface area (TPSA) is 90.3 Å². The van der Waals surface area contributed by atoms with Crippen LogP contribution in [0.2, 0.25) is 5.02 Å². The molecule has 0 unspecified atom stereocenters. The van der Waals surface area contributed by atoms with E-state index in [2.05, 4.69) is 9.97 Å². The van der Waals surface area contributed by atoms with Crippen molar-refractivity contribution in [2.24, 2.45) is 5.73 Å². The quantitative estimate of drug-likeness (QED) is 0.822. The Morgan fingerprint density at radius 1 is 1.28 bits per heavy atom. The molecule has 0 bridgehead atoms. The maximum Gasteiger partial charge on any atom is 0.222 e. The third-order valence-corrected chi connectivity index (χ3v) is 4.70. The molecule has 0 spiro atoms. The predicted molar refractivity (Wildman–Crippen MR) is 101 cm³/mol. The number of ether oxygens (including phenoxy) is 1. The Morgan fingerprint density at radius 3 is 2.72 bits per heavy atom. The molecule has 6 nitrogen and oxygen atoms in total. The van der Waals surface area contributed by atoms with Gasteiger partial charge in [-0.15, -0.1) is 0 Å². The first-order valence-electron chi connectivity index (χ1n) is 8.48. The molecule has 0 atom stereocenters. The normalized spacial score (nSPS) is 19.4. The molecule has 4 N–H and O–H groups in total. The van der Waals surface area contributed by atoms with Crippen molar-refractivity contribution < 1.29 is 4.74 Å². The van der Waals surface area contributed by atoms with Gasteiger partial charge in [0.2, 0.25) is 5.95 Å². The van der Waals surface area contributed by atoms with Crippen LogP contribution < -0.4 is 21.1 Å². The number of nitrogen functional groups attached to an aromatic ring is 1. The summed E-state index contributed by atoms with van der Waals surface area (Å²) in [6.45, 7) is 3.17. The van der Waals surface area contributed by atoms with Gasteiger partial charge in [0.25, 0.3) is 0 Å². The van der Waals surface area contributed by atoms with Crippen LogP contribution in [0.4, 0.5) is 11.8 Å². The van der Waals surface area contributed by atoms with Crippen molar-refractivity contribution in [2.75, 3.05) is 24.3 Å². The molecule has 1 heterocycles. The first kappa shape index (κ1) is 17.8. The van der Waals surface area contributed by atoms with Gasteiger partial charge in [0, 0.05) is 42.2 Å². The molecule has 7 heteroatoms. The van der Waals surface area contributed by atoms with Crippen molar-refractivity contribution in [1.82, 2.24) is 9.97 Å². The van der Waals surface area contributed by atoms with E-state index in [0.717, 1.165) is 35.7 Å². The number of anilines is 2. The highest BCUT2D eigenvalue weighted by Crippen LogP contribution is 2.36. The van der Waals surface area contributed by atoms with Crippen molar-refractivity contribution in [2.45, 2.75) is 38.3 Å². The molecular formula is C18H24ClN5O. The van der Waals surface area contributed by atoms with Gasteiger partial charge in [-0.1, -0.05) is 11.6 Å². The average molecular weight is 362 g/mol. The van der Waals surface area contributed by atoms with E-state index < -0.39 is 0 Å². The summed E-state index contributed by atoms with van der Waals surface area (Å²) in [5.74, 6) is 2.27. The highest BCUT2D eigenvalue weighted by atomic mass is 35.5. The Morgan fingerprint density at radius 2 is 2.04 bits per heavy atom. The van der Waals surface area contributed by atoms with Gasteiger partial charge < -0.3 is 21.1 Å². The second kappa shape index (κ2) is 7.45. The zero-order chi connectivity index (χ0) is 18.0. The minimum absolute atomic E-state index is 0.266. The Bertz CT molecular complexity index is 748. The van der Waals surface area contributed by atoms with Crippen LogP contribution in [0.3, 0.4) is 0 Å². The number of nitrogens with zero attached hydrogens (tertiary/aromatic N) is 3. The molecule has 0 saturated heterocycles. The van der Waals surface area contributed by atoms with Crippen LogP contribution in [0.5, 0.6) is 5.75 Å². The zero-order valence-corrected chi connectivity index (χ0v) is 15.3. The van der Waals surface area contributed by atoms with E-state index in [1.807, 2.05) is 43.1 Å². The van der Waals surface area contributed by atoms with Gasteiger partial charge in [-0.05, 0) is 38.0 Å². The first-order valence-corrected chi connectivity index (χ1v) is 8.86. The number of rotatable bonds is 6. The van der Waals surface area contributed by atoms with Gasteiger partial charge in [-0.2, -0.15) is 4.98 Å². The van der Waals surface area contributed by atoms with Crippen LogP contribution in [-0.2, 0) is 6.54 Å². The van der Waals surface area contributed by atoms with Crippen molar-refractivity contribution in [1.29, 1.82) is 0 Å². The number of halogens is 1. The summed E-state index contributed by atoms with van der Waals surface area (Å²) in [7, 11) is 1.97. The lowest BCUT2D eigenvalue weighted by molar-refractivity contribution is 0.336. The van der Waals surface area contributed by atoms with Crippen LogP contribution in [0.25, 0.3) is 0 Å². The van der Waals surface area contributed by atoms with E-state index in [1.165, 1.54) is 0 Å². The molecule has 2 aromatic rings. The van der Waals surface area contributed by atoms with Crippen LogP contribution in [0.15, 0.2) is 24.3 Å². The van der Waals surface area contributed by atoms with Crippen LogP contribution in [0, 0.1) is 0 Å². The highest BCUT2D eigenvalue weighted by Gasteiger charge is 2.29. The monoisotopic (exact) mass is 361 g/mol.